The lowest BCUT2D eigenvalue weighted by molar-refractivity contribution is -0.120. The van der Waals surface area contributed by atoms with Crippen molar-refractivity contribution in [2.24, 2.45) is 0 Å². The molecule has 0 unspecified atom stereocenters. The highest BCUT2D eigenvalue weighted by molar-refractivity contribution is 6.53. The van der Waals surface area contributed by atoms with Gasteiger partial charge in [0.2, 0.25) is 0 Å². The molecule has 0 spiro atoms. The number of aryl methyl sites for hydroxylation is 1. The maximum Gasteiger partial charge on any atom is 0.343 e. The lowest BCUT2D eigenvalue weighted by atomic mass is 10.2. The molecular weight excluding hydrogens is 444 g/mol. The highest BCUT2D eigenvalue weighted by Crippen LogP contribution is 2.30. The molecule has 7 nitrogen and oxygen atoms in total. The highest BCUT2D eigenvalue weighted by atomic mass is 35.5. The van der Waals surface area contributed by atoms with E-state index < -0.39 is 17.8 Å². The Morgan fingerprint density at radius 2 is 1.45 bits per heavy atom. The van der Waals surface area contributed by atoms with Crippen LogP contribution in [0.2, 0.25) is 0 Å². The van der Waals surface area contributed by atoms with E-state index in [1.165, 1.54) is 0 Å². The van der Waals surface area contributed by atoms with E-state index in [0.717, 1.165) is 10.5 Å². The van der Waals surface area contributed by atoms with Gasteiger partial charge in [0.05, 0.1) is 18.4 Å². The second kappa shape index (κ2) is 9.18. The van der Waals surface area contributed by atoms with Gasteiger partial charge in [-0.25, -0.2) is 9.69 Å². The number of methoxy groups -OCH3 is 1. The molecule has 33 heavy (non-hydrogen) atoms. The van der Waals surface area contributed by atoms with Gasteiger partial charge in [-0.3, -0.25) is 9.59 Å². The zero-order valence-corrected chi connectivity index (χ0v) is 18.6. The van der Waals surface area contributed by atoms with E-state index in [-0.39, 0.29) is 10.7 Å². The molecule has 3 aromatic rings. The molecule has 1 aliphatic heterocycles. The number of amides is 2. The minimum Gasteiger partial charge on any atom is -0.497 e. The molecule has 2 amide bonds. The van der Waals surface area contributed by atoms with E-state index in [2.05, 4.69) is 5.32 Å². The molecular formula is C25H19ClN2O5. The summed E-state index contributed by atoms with van der Waals surface area (Å²) in [5, 5.41) is 2.68. The van der Waals surface area contributed by atoms with E-state index >= 15 is 0 Å². The number of nitrogens with one attached hydrogen (secondary N) is 1. The zero-order chi connectivity index (χ0) is 23.5. The van der Waals surface area contributed by atoms with Crippen molar-refractivity contribution >= 4 is 40.8 Å². The SMILES string of the molecule is COc1ccc(OC(=O)c2ccc(NC3=C(Cl)C(=O)N(c4ccc(C)cc4)C3=O)cc2)cc1. The molecule has 1 heterocycles. The quantitative estimate of drug-likeness (QED) is 0.326. The molecule has 3 aromatic carbocycles. The first kappa shape index (κ1) is 22.1. The van der Waals surface area contributed by atoms with Crippen LogP contribution in [0.1, 0.15) is 15.9 Å². The Kier molecular flexibility index (Phi) is 6.15. The van der Waals surface area contributed by atoms with Crippen molar-refractivity contribution in [1.82, 2.24) is 0 Å². The molecule has 0 saturated heterocycles. The number of halogens is 1. The van der Waals surface area contributed by atoms with Crippen LogP contribution in [0.25, 0.3) is 0 Å². The normalized spacial score (nSPS) is 13.4. The van der Waals surface area contributed by atoms with Crippen LogP contribution in [0.15, 0.2) is 83.5 Å². The Morgan fingerprint density at radius 1 is 0.848 bits per heavy atom. The molecule has 0 aliphatic carbocycles. The first-order chi connectivity index (χ1) is 15.9. The fourth-order valence-electron chi connectivity index (χ4n) is 3.18. The van der Waals surface area contributed by atoms with Crippen LogP contribution >= 0.6 is 11.6 Å². The van der Waals surface area contributed by atoms with E-state index in [1.54, 1.807) is 79.9 Å². The maximum absolute atomic E-state index is 12.9. The summed E-state index contributed by atoms with van der Waals surface area (Å²) in [5.41, 5.74) is 2.20. The summed E-state index contributed by atoms with van der Waals surface area (Å²) in [6, 6.07) is 19.9. The number of nitrogens with zero attached hydrogens (tertiary/aromatic N) is 1. The lowest BCUT2D eigenvalue weighted by Crippen LogP contribution is -2.32. The zero-order valence-electron chi connectivity index (χ0n) is 17.8. The topological polar surface area (TPSA) is 84.9 Å². The van der Waals surface area contributed by atoms with Crippen LogP contribution < -0.4 is 19.7 Å². The van der Waals surface area contributed by atoms with Gasteiger partial charge >= 0.3 is 5.97 Å². The molecule has 166 valence electrons. The minimum absolute atomic E-state index is 0.0317. The van der Waals surface area contributed by atoms with Gasteiger partial charge in [-0.05, 0) is 67.6 Å². The Labute approximate surface area is 195 Å². The minimum atomic E-state index is -0.604. The van der Waals surface area contributed by atoms with Crippen molar-refractivity contribution in [2.75, 3.05) is 17.3 Å². The predicted molar refractivity (Wildman–Crippen MR) is 125 cm³/mol. The van der Waals surface area contributed by atoms with Gasteiger partial charge in [-0.15, -0.1) is 0 Å². The van der Waals surface area contributed by atoms with Crippen LogP contribution in [0, 0.1) is 6.92 Å². The van der Waals surface area contributed by atoms with Crippen molar-refractivity contribution in [3.8, 4) is 11.5 Å². The largest absolute Gasteiger partial charge is 0.497 e. The number of rotatable bonds is 6. The first-order valence-corrected chi connectivity index (χ1v) is 10.3. The average molecular weight is 463 g/mol. The van der Waals surface area contributed by atoms with Crippen LogP contribution in [-0.4, -0.2) is 24.9 Å². The fourth-order valence-corrected chi connectivity index (χ4v) is 3.40. The number of ether oxygens (including phenoxy) is 2. The van der Waals surface area contributed by atoms with Gasteiger partial charge < -0.3 is 14.8 Å². The summed E-state index contributed by atoms with van der Waals surface area (Å²) >= 11 is 6.16. The Hall–Kier alpha value is -4.10. The van der Waals surface area contributed by atoms with Gasteiger partial charge in [-0.1, -0.05) is 29.3 Å². The Balaban J connectivity index is 1.45. The van der Waals surface area contributed by atoms with Crippen LogP contribution in [0.4, 0.5) is 11.4 Å². The Bertz CT molecular complexity index is 1250. The van der Waals surface area contributed by atoms with Crippen molar-refractivity contribution in [2.45, 2.75) is 6.92 Å². The third kappa shape index (κ3) is 4.58. The summed E-state index contributed by atoms with van der Waals surface area (Å²) in [4.78, 5) is 38.8. The summed E-state index contributed by atoms with van der Waals surface area (Å²) in [7, 11) is 1.55. The molecule has 1 aliphatic rings. The van der Waals surface area contributed by atoms with Gasteiger partial charge in [0, 0.05) is 5.69 Å². The fraction of sp³-hybridized carbons (Fsp3) is 0.0800. The molecule has 8 heteroatoms. The van der Waals surface area contributed by atoms with Crippen LogP contribution in [0.5, 0.6) is 11.5 Å². The van der Waals surface area contributed by atoms with Crippen LogP contribution in [0.3, 0.4) is 0 Å². The van der Waals surface area contributed by atoms with Crippen molar-refractivity contribution in [3.05, 3.63) is 94.7 Å². The lowest BCUT2D eigenvalue weighted by Gasteiger charge is -2.15. The number of esters is 1. The number of hydrogen-bond acceptors (Lipinski definition) is 6. The molecule has 4 rings (SSSR count). The molecule has 0 saturated carbocycles. The van der Waals surface area contributed by atoms with Gasteiger partial charge in [0.1, 0.15) is 22.2 Å². The van der Waals surface area contributed by atoms with E-state index in [0.29, 0.717) is 28.4 Å². The molecule has 0 aromatic heterocycles. The molecule has 0 fully saturated rings. The molecule has 0 atom stereocenters. The third-order valence-corrected chi connectivity index (χ3v) is 5.33. The van der Waals surface area contributed by atoms with Crippen molar-refractivity contribution < 1.29 is 23.9 Å². The van der Waals surface area contributed by atoms with E-state index in [1.807, 2.05) is 6.92 Å². The maximum atomic E-state index is 12.9. The highest BCUT2D eigenvalue weighted by Gasteiger charge is 2.38. The smallest absolute Gasteiger partial charge is 0.343 e. The molecule has 0 bridgehead atoms. The molecule has 0 radical (unpaired) electrons. The van der Waals surface area contributed by atoms with Gasteiger partial charge in [0.15, 0.2) is 0 Å². The number of hydrogen-bond donors (Lipinski definition) is 1. The average Bonchev–Trinajstić information content (AvgIpc) is 3.04. The van der Waals surface area contributed by atoms with E-state index in [9.17, 15) is 14.4 Å². The van der Waals surface area contributed by atoms with Crippen LogP contribution in [-0.2, 0) is 9.59 Å². The number of benzene rings is 3. The standard InChI is InChI=1S/C25H19ClN2O5/c1-15-3-9-18(10-4-15)28-23(29)21(26)22(24(28)30)27-17-7-5-16(6-8-17)25(31)33-20-13-11-19(32-2)12-14-20/h3-14,27H,1-2H3. The Morgan fingerprint density at radius 3 is 2.06 bits per heavy atom. The van der Waals surface area contributed by atoms with Gasteiger partial charge in [-0.2, -0.15) is 0 Å². The summed E-state index contributed by atoms with van der Waals surface area (Å²) in [6.07, 6.45) is 0. The number of carbonyl (C=O) groups excluding carboxylic acids is 3. The summed E-state index contributed by atoms with van der Waals surface area (Å²) in [5.74, 6) is -0.670. The monoisotopic (exact) mass is 462 g/mol. The van der Waals surface area contributed by atoms with Crippen molar-refractivity contribution in [1.29, 1.82) is 0 Å². The summed E-state index contributed by atoms with van der Waals surface area (Å²) < 4.78 is 10.4. The summed E-state index contributed by atoms with van der Waals surface area (Å²) in [6.45, 7) is 1.91. The second-order valence-electron chi connectivity index (χ2n) is 7.24. The van der Waals surface area contributed by atoms with Crippen molar-refractivity contribution in [3.63, 3.8) is 0 Å². The number of imide groups is 1. The predicted octanol–water partition coefficient (Wildman–Crippen LogP) is 4.66. The number of carbonyl (C=O) groups is 3. The third-order valence-electron chi connectivity index (χ3n) is 4.98. The second-order valence-corrected chi connectivity index (χ2v) is 7.62. The number of anilines is 2. The first-order valence-electron chi connectivity index (χ1n) is 9.96. The molecule has 1 N–H and O–H groups in total. The van der Waals surface area contributed by atoms with E-state index in [4.69, 9.17) is 21.1 Å². The van der Waals surface area contributed by atoms with Gasteiger partial charge in [0.25, 0.3) is 11.8 Å².